The number of hydrogen-bond acceptors (Lipinski definition) is 51. The summed E-state index contributed by atoms with van der Waals surface area (Å²) >= 11 is 15.8. The van der Waals surface area contributed by atoms with E-state index < -0.39 is 221 Å². The van der Waals surface area contributed by atoms with Crippen LogP contribution in [0, 0.1) is 13.8 Å². The lowest BCUT2D eigenvalue weighted by Gasteiger charge is -2.30. The van der Waals surface area contributed by atoms with Gasteiger partial charge in [-0.2, -0.15) is 4.98 Å². The zero-order chi connectivity index (χ0) is 100. The van der Waals surface area contributed by atoms with Crippen LogP contribution < -0.4 is 45.6 Å². The van der Waals surface area contributed by atoms with Crippen molar-refractivity contribution in [2.24, 2.45) is 0 Å². The van der Waals surface area contributed by atoms with Gasteiger partial charge in [-0.3, -0.25) is 68.8 Å². The van der Waals surface area contributed by atoms with Crippen LogP contribution in [0.15, 0.2) is 77.4 Å². The van der Waals surface area contributed by atoms with Gasteiger partial charge in [-0.15, -0.1) is 0 Å². The zero-order valence-electron chi connectivity index (χ0n) is 75.7. The molecule has 6 saturated heterocycles. The quantitative estimate of drug-likeness (QED) is 0.0140. The Kier molecular flexibility index (Phi) is 33.8. The lowest BCUT2D eigenvalue weighted by Crippen LogP contribution is -2.41. The van der Waals surface area contributed by atoms with Crippen molar-refractivity contribution in [2.45, 2.75) is 175 Å². The lowest BCUT2D eigenvalue weighted by molar-refractivity contribution is -0.0836. The molecule has 60 nitrogen and oxygen atoms in total. The molecule has 772 valence electrons. The van der Waals surface area contributed by atoms with Gasteiger partial charge in [0.15, 0.2) is 70.8 Å². The summed E-state index contributed by atoms with van der Waals surface area (Å²) in [6.07, 6.45) is -20.1. The number of methoxy groups -OCH3 is 4. The first kappa shape index (κ1) is 106. The first-order chi connectivity index (χ1) is 67.4. The standard InChI is InChI=1S/C73H102N25O35P5S3/c1-8-36-37(17-44(123-36)93-20-35(3)67(100)92-73(93)102)130-136(107,139)120-21-39-38(18-45(124-39)95-30-87-46-59(75)79-26-83-63(46)95)129-134(103,104)118-23-41-51(55(115-14-10-111-5)69(126-41)94-19-34(2)58(74)91-72(94)101)131-135(105,106)119-24-42-52(56(116-15-11-112-6)70(127-42)97-32-89-48-61(77)81-28-85-65(48)97)132-138(109,141)122-25-43-53(57(117-16-12-113-7)71(128-43)98-33-90-49-62(78)82-29-86-66(49)98)133-137(108,140)121-22-40-50(99)54(114-13-9-110-4)68(125-40)96-31-88-47-60(76)80-27-84-64(47)96/h19-20,26-33,36-45,50-57,68-71,99H,8-18,21-25H2,1-7H3,(H,103,104)(H,105,106)(H,107,139)(H,108,140)(H,109,141)(H2,74,91,101)(H2,75,79,83)(H2,76,80,84)(H2,77,81,85)(H2,78,82,86)(H,92,100,102)/t36-,37-,38-,39-,40-,41-,42-,43-,44-,45-,50+,51+,52+,53+,54?,55?,56?,57?,68-,69-,70-,71-,136?,137?,138?/m1/s1. The summed E-state index contributed by atoms with van der Waals surface area (Å²) in [6.45, 7) is -15.2. The van der Waals surface area contributed by atoms with E-state index in [9.17, 15) is 43.6 Å². The molecular formula is C73H102N25O35P5S3. The van der Waals surface area contributed by atoms with E-state index in [1.165, 1.54) is 109 Å². The molecule has 6 fully saturated rings. The van der Waals surface area contributed by atoms with Crippen molar-refractivity contribution >= 4 is 145 Å². The highest BCUT2D eigenvalue weighted by atomic mass is 32.7. The Morgan fingerprint density at radius 2 is 0.787 bits per heavy atom. The van der Waals surface area contributed by atoms with Crippen molar-refractivity contribution in [1.29, 1.82) is 0 Å². The molecule has 6 aliphatic rings. The van der Waals surface area contributed by atoms with E-state index in [4.69, 9.17) is 164 Å². The van der Waals surface area contributed by atoms with E-state index in [0.717, 1.165) is 23.5 Å². The number of aromatic nitrogens is 20. The van der Waals surface area contributed by atoms with Crippen molar-refractivity contribution in [1.82, 2.24) is 97.2 Å². The second-order valence-electron chi connectivity index (χ2n) is 32.3. The van der Waals surface area contributed by atoms with Crippen LogP contribution in [0.3, 0.4) is 0 Å². The Bertz CT molecular complexity index is 6520. The molecule has 0 aliphatic carbocycles. The van der Waals surface area contributed by atoms with Crippen molar-refractivity contribution in [3.05, 3.63) is 105 Å². The number of hydrogen-bond donors (Lipinski definition) is 12. The molecule has 68 heteroatoms. The smallest absolute Gasteiger partial charge is 0.387 e. The fraction of sp³-hybridized carbons (Fsp3) is 0.616. The summed E-state index contributed by atoms with van der Waals surface area (Å²) < 4.78 is 200. The van der Waals surface area contributed by atoms with Gasteiger partial charge in [0.2, 0.25) is 0 Å². The summed E-state index contributed by atoms with van der Waals surface area (Å²) in [5.74, 6) is -0.294. The summed E-state index contributed by atoms with van der Waals surface area (Å²) in [5, 5.41) is 12.0. The van der Waals surface area contributed by atoms with Crippen molar-refractivity contribution < 1.29 is 150 Å². The van der Waals surface area contributed by atoms with E-state index in [0.29, 0.717) is 6.42 Å². The Balaban J connectivity index is 0.672. The van der Waals surface area contributed by atoms with Crippen molar-refractivity contribution in [3.8, 4) is 0 Å². The molecular weight excluding hydrogens is 2040 g/mol. The molecule has 0 bridgehead atoms. The first-order valence-electron chi connectivity index (χ1n) is 43.1. The molecule has 0 spiro atoms. The monoisotopic (exact) mass is 2140 g/mol. The number of fused-ring (bicyclic) bond motifs is 4. The highest BCUT2D eigenvalue weighted by molar-refractivity contribution is 8.44. The Morgan fingerprint density at radius 1 is 0.418 bits per heavy atom. The molecule has 10 aromatic rings. The Morgan fingerprint density at radius 3 is 1.26 bits per heavy atom. The molecule has 16 heterocycles. The van der Waals surface area contributed by atoms with Gasteiger partial charge in [-0.25, -0.2) is 83.1 Å². The number of nitrogen functional groups attached to an aromatic ring is 5. The summed E-state index contributed by atoms with van der Waals surface area (Å²) in [7, 11) is -5.90. The van der Waals surface area contributed by atoms with Crippen molar-refractivity contribution in [3.63, 3.8) is 0 Å². The van der Waals surface area contributed by atoms with Gasteiger partial charge in [0.25, 0.3) is 5.56 Å². The van der Waals surface area contributed by atoms with Gasteiger partial charge in [-0.1, -0.05) is 19.2 Å². The summed E-state index contributed by atoms with van der Waals surface area (Å²) in [5.41, 5.74) is 30.0. The molecule has 0 radical (unpaired) electrons. The lowest BCUT2D eigenvalue weighted by atomic mass is 10.1. The van der Waals surface area contributed by atoms with E-state index in [1.807, 2.05) is 0 Å². The van der Waals surface area contributed by atoms with E-state index >= 15 is 9.13 Å². The van der Waals surface area contributed by atoms with Crippen LogP contribution in [0.1, 0.15) is 74.7 Å². The number of H-pyrrole nitrogens is 1. The molecule has 141 heavy (non-hydrogen) atoms. The third-order valence-corrected chi connectivity index (χ3v) is 30.0. The molecule has 0 saturated carbocycles. The number of rotatable bonds is 48. The number of aliphatic hydroxyl groups excluding tert-OH is 1. The van der Waals surface area contributed by atoms with Gasteiger partial charge in [-0.05, 0) is 43.9 Å². The summed E-state index contributed by atoms with van der Waals surface area (Å²) in [4.78, 5) is 145. The molecule has 0 aromatic carbocycles. The highest BCUT2D eigenvalue weighted by Crippen LogP contribution is 2.60. The first-order valence-corrected chi connectivity index (χ1v) is 54.0. The molecule has 27 atom stereocenters. The number of nitrogens with one attached hydrogen (secondary N) is 1. The average Bonchev–Trinajstić information content (AvgIpc) is 1.60. The zero-order valence-corrected chi connectivity index (χ0v) is 82.7. The van der Waals surface area contributed by atoms with Crippen LogP contribution in [0.4, 0.5) is 29.1 Å². The van der Waals surface area contributed by atoms with E-state index in [-0.39, 0.29) is 151 Å². The Labute approximate surface area is 812 Å². The van der Waals surface area contributed by atoms with Crippen molar-refractivity contribution in [2.75, 3.05) is 143 Å². The number of aryl methyl sites for hydroxylation is 2. The average molecular weight is 2140 g/mol. The molecule has 9 unspecified atom stereocenters. The fourth-order valence-electron chi connectivity index (χ4n) is 16.5. The van der Waals surface area contributed by atoms with Crippen LogP contribution in [-0.4, -0.2) is 334 Å². The predicted molar refractivity (Wildman–Crippen MR) is 491 cm³/mol. The Hall–Kier alpha value is -8.06. The number of imidazole rings is 4. The maximum absolute atomic E-state index is 15.7. The SMILES string of the molecule is CC[C@H]1O[C@@H](n2cc(C)c(=O)[nH]c2=O)C[C@H]1OP(O)(=S)OC[C@H]1O[C@@H](n2cnc3c(N)ncnc32)C[C@H]1OP(=O)(O)OC[C@H]1O[C@@H](n2cc(C)c(N)nc2=O)C(OCCOC)[C@H]1OP(=O)(O)OC[C@H]1O[C@@H](n2cnc3c(N)ncnc32)C(OCCOC)[C@H]1OP(=O)(S)OC[C@H]1O[C@@H](n2cnc3c(N)ncnc32)C(OCCOC)[C@H]1OP(O)(=S)OC[C@H]1O[C@@H](n2cnc3c(N)ncnc32)C(OCCOC)[C@H]1O. The predicted octanol–water partition coefficient (Wildman–Crippen LogP) is 0.424. The number of ether oxygens (including phenoxy) is 14. The molecule has 16 rings (SSSR count). The second-order valence-corrected chi connectivity index (χ2v) is 43.6. The maximum Gasteiger partial charge on any atom is 0.472 e. The van der Waals surface area contributed by atoms with Crippen LogP contribution in [0.2, 0.25) is 0 Å². The molecule has 0 amide bonds. The topological polar surface area (TPSA) is 768 Å². The minimum atomic E-state index is -5.85. The number of nitrogens with two attached hydrogens (primary N) is 5. The molecule has 10 aromatic heterocycles. The molecule has 16 N–H and O–H groups in total. The number of phosphoric ester groups is 2. The normalized spacial score (nSPS) is 29.2. The fourth-order valence-corrected chi connectivity index (χ4v) is 22.8. The third-order valence-electron chi connectivity index (χ3n) is 23.2. The minimum Gasteiger partial charge on any atom is -0.387 e. The number of thiol groups is 1. The van der Waals surface area contributed by atoms with Crippen LogP contribution in [-0.2, 0) is 149 Å². The number of aromatic amines is 1. The third kappa shape index (κ3) is 24.0. The van der Waals surface area contributed by atoms with Crippen LogP contribution in [0.5, 0.6) is 0 Å². The van der Waals surface area contributed by atoms with E-state index in [2.05, 4.69) is 82.0 Å². The van der Waals surface area contributed by atoms with Crippen LogP contribution >= 0.6 is 48.1 Å². The number of nitrogens with zero attached hydrogens (tertiary/aromatic N) is 19. The number of anilines is 5. The number of aliphatic hydroxyl groups is 1. The number of phosphoric acid groups is 2. The largest absolute Gasteiger partial charge is 0.472 e. The maximum atomic E-state index is 15.7. The van der Waals surface area contributed by atoms with Crippen LogP contribution in [0.25, 0.3) is 44.7 Å². The van der Waals surface area contributed by atoms with Gasteiger partial charge >= 0.3 is 47.3 Å². The second kappa shape index (κ2) is 45.1. The highest BCUT2D eigenvalue weighted by Gasteiger charge is 2.58. The van der Waals surface area contributed by atoms with Gasteiger partial charge in [0.05, 0.1) is 123 Å². The minimum absolute atomic E-state index is 0.0137. The van der Waals surface area contributed by atoms with E-state index in [1.54, 1.807) is 6.92 Å². The van der Waals surface area contributed by atoms with Gasteiger partial charge < -0.3 is 133 Å². The summed E-state index contributed by atoms with van der Waals surface area (Å²) in [6, 6.07) is 0. The van der Waals surface area contributed by atoms with Gasteiger partial charge in [0.1, 0.15) is 151 Å². The van der Waals surface area contributed by atoms with Gasteiger partial charge in [0, 0.05) is 64.8 Å². The molecule has 6 aliphatic heterocycles.